The molecule has 0 unspecified atom stereocenters. The molecule has 0 aliphatic carbocycles. The van der Waals surface area contributed by atoms with Crippen molar-refractivity contribution in [2.24, 2.45) is 0 Å². The number of hydrogen-bond acceptors (Lipinski definition) is 4. The average Bonchev–Trinajstić information content (AvgIpc) is 2.99. The van der Waals surface area contributed by atoms with E-state index in [1.165, 1.54) is 0 Å². The minimum Gasteiger partial charge on any atom is -0.484 e. The quantitative estimate of drug-likeness (QED) is 0.655. The molecule has 27 heavy (non-hydrogen) atoms. The molecule has 6 heteroatoms. The van der Waals surface area contributed by atoms with Gasteiger partial charge in [-0.1, -0.05) is 24.3 Å². The molecule has 0 radical (unpaired) electrons. The lowest BCUT2D eigenvalue weighted by atomic mass is 10.2. The number of thiophene rings is 1. The highest BCUT2D eigenvalue weighted by molar-refractivity contribution is 7.12. The molecule has 3 rings (SSSR count). The van der Waals surface area contributed by atoms with Crippen LogP contribution in [-0.4, -0.2) is 18.4 Å². The van der Waals surface area contributed by atoms with Crippen molar-refractivity contribution in [3.63, 3.8) is 0 Å². The summed E-state index contributed by atoms with van der Waals surface area (Å²) in [6.45, 7) is 3.79. The molecule has 2 aromatic carbocycles. The minimum absolute atomic E-state index is 0.116. The molecule has 2 amide bonds. The minimum atomic E-state index is -0.250. The summed E-state index contributed by atoms with van der Waals surface area (Å²) < 4.78 is 5.53. The van der Waals surface area contributed by atoms with Crippen LogP contribution >= 0.6 is 11.3 Å². The fourth-order valence-electron chi connectivity index (χ4n) is 2.59. The van der Waals surface area contributed by atoms with Gasteiger partial charge in [-0.2, -0.15) is 0 Å². The predicted octanol–water partition coefficient (Wildman–Crippen LogP) is 4.63. The molecule has 0 bridgehead atoms. The monoisotopic (exact) mass is 380 g/mol. The lowest BCUT2D eigenvalue weighted by Crippen LogP contribution is -2.20. The van der Waals surface area contributed by atoms with Crippen LogP contribution in [-0.2, 0) is 4.79 Å². The highest BCUT2D eigenvalue weighted by Crippen LogP contribution is 2.23. The maximum atomic E-state index is 12.4. The van der Waals surface area contributed by atoms with Crippen molar-refractivity contribution in [1.82, 2.24) is 0 Å². The largest absolute Gasteiger partial charge is 0.484 e. The molecular formula is C21H20N2O3S. The van der Waals surface area contributed by atoms with Crippen molar-refractivity contribution in [3.8, 4) is 5.75 Å². The highest BCUT2D eigenvalue weighted by atomic mass is 32.1. The van der Waals surface area contributed by atoms with E-state index < -0.39 is 0 Å². The molecule has 2 N–H and O–H groups in total. The zero-order chi connectivity index (χ0) is 19.2. The maximum Gasteiger partial charge on any atom is 0.262 e. The van der Waals surface area contributed by atoms with Gasteiger partial charge in [0, 0.05) is 27.2 Å². The first-order valence-corrected chi connectivity index (χ1v) is 9.29. The molecule has 138 valence electrons. The van der Waals surface area contributed by atoms with Crippen LogP contribution in [0.4, 0.5) is 11.4 Å². The second-order valence-electron chi connectivity index (χ2n) is 6.01. The van der Waals surface area contributed by atoms with Gasteiger partial charge >= 0.3 is 0 Å². The Balaban J connectivity index is 1.58. The molecule has 0 aliphatic rings. The van der Waals surface area contributed by atoms with E-state index in [1.54, 1.807) is 35.6 Å². The number of amides is 2. The molecule has 0 fully saturated rings. The topological polar surface area (TPSA) is 67.4 Å². The second kappa shape index (κ2) is 8.51. The van der Waals surface area contributed by atoms with Crippen LogP contribution < -0.4 is 15.4 Å². The van der Waals surface area contributed by atoms with Gasteiger partial charge in [0.15, 0.2) is 6.61 Å². The third-order valence-corrected chi connectivity index (χ3v) is 4.77. The zero-order valence-corrected chi connectivity index (χ0v) is 15.9. The number of hydrogen-bond donors (Lipinski definition) is 2. The summed E-state index contributed by atoms with van der Waals surface area (Å²) in [6.07, 6.45) is 0. The van der Waals surface area contributed by atoms with Crippen molar-refractivity contribution < 1.29 is 14.3 Å². The van der Waals surface area contributed by atoms with E-state index in [9.17, 15) is 9.59 Å². The number of aryl methyl sites for hydroxylation is 2. The van der Waals surface area contributed by atoms with Crippen LogP contribution in [0.5, 0.6) is 5.75 Å². The normalized spacial score (nSPS) is 10.3. The molecule has 0 aliphatic heterocycles. The molecule has 3 aromatic rings. The van der Waals surface area contributed by atoms with E-state index in [2.05, 4.69) is 10.6 Å². The number of rotatable bonds is 6. The number of ether oxygens (including phenoxy) is 1. The summed E-state index contributed by atoms with van der Waals surface area (Å²) in [4.78, 5) is 26.5. The number of benzene rings is 2. The smallest absolute Gasteiger partial charge is 0.262 e. The Morgan fingerprint density at radius 1 is 0.926 bits per heavy atom. The van der Waals surface area contributed by atoms with Gasteiger partial charge in [0.1, 0.15) is 5.75 Å². The molecule has 0 saturated heterocycles. The summed E-state index contributed by atoms with van der Waals surface area (Å²) in [7, 11) is 0. The van der Waals surface area contributed by atoms with Gasteiger partial charge in [0.2, 0.25) is 0 Å². The van der Waals surface area contributed by atoms with Gasteiger partial charge < -0.3 is 15.4 Å². The van der Waals surface area contributed by atoms with E-state index in [-0.39, 0.29) is 18.4 Å². The van der Waals surface area contributed by atoms with Gasteiger partial charge in [-0.15, -0.1) is 11.3 Å². The first kappa shape index (κ1) is 18.7. The second-order valence-corrected chi connectivity index (χ2v) is 7.47. The fourth-order valence-corrected chi connectivity index (χ4v) is 3.51. The van der Waals surface area contributed by atoms with Crippen LogP contribution in [0, 0.1) is 13.8 Å². The molecule has 0 spiro atoms. The predicted molar refractivity (Wildman–Crippen MR) is 109 cm³/mol. The lowest BCUT2D eigenvalue weighted by molar-refractivity contribution is -0.118. The summed E-state index contributed by atoms with van der Waals surface area (Å²) in [5.41, 5.74) is 2.00. The molecule has 0 atom stereocenters. The Kier molecular flexibility index (Phi) is 5.88. The van der Waals surface area contributed by atoms with Crippen LogP contribution in [0.25, 0.3) is 0 Å². The van der Waals surface area contributed by atoms with Crippen molar-refractivity contribution in [3.05, 3.63) is 76.0 Å². The van der Waals surface area contributed by atoms with Crippen LogP contribution in [0.1, 0.15) is 20.1 Å². The molecule has 1 heterocycles. The van der Waals surface area contributed by atoms with Gasteiger partial charge in [-0.05, 0) is 44.2 Å². The Hall–Kier alpha value is -3.12. The van der Waals surface area contributed by atoms with Crippen molar-refractivity contribution in [2.75, 3.05) is 17.2 Å². The van der Waals surface area contributed by atoms with E-state index in [0.29, 0.717) is 22.7 Å². The lowest BCUT2D eigenvalue weighted by Gasteiger charge is -2.10. The standard InChI is InChI=1S/C21H20N2O3S/c1-14-11-19(15(2)27-14)21(25)23-17-9-6-10-18(12-17)26-13-20(24)22-16-7-4-3-5-8-16/h3-12H,13H2,1-2H3,(H,22,24)(H,23,25). The Morgan fingerprint density at radius 2 is 1.67 bits per heavy atom. The summed E-state index contributed by atoms with van der Waals surface area (Å²) in [5.74, 6) is 0.102. The Bertz CT molecular complexity index is 951. The molecule has 5 nitrogen and oxygen atoms in total. The molecular weight excluding hydrogens is 360 g/mol. The number of para-hydroxylation sites is 1. The summed E-state index contributed by atoms with van der Waals surface area (Å²) in [6, 6.07) is 18.1. The van der Waals surface area contributed by atoms with Crippen molar-refractivity contribution in [2.45, 2.75) is 13.8 Å². The summed E-state index contributed by atoms with van der Waals surface area (Å²) >= 11 is 1.59. The number of carbonyl (C=O) groups excluding carboxylic acids is 2. The van der Waals surface area contributed by atoms with E-state index in [0.717, 1.165) is 9.75 Å². The Labute approximate surface area is 162 Å². The number of anilines is 2. The van der Waals surface area contributed by atoms with E-state index in [1.807, 2.05) is 50.2 Å². The number of carbonyl (C=O) groups is 2. The SMILES string of the molecule is Cc1cc(C(=O)Nc2cccc(OCC(=O)Nc3ccccc3)c2)c(C)s1. The number of nitrogens with one attached hydrogen (secondary N) is 2. The van der Waals surface area contributed by atoms with Crippen molar-refractivity contribution in [1.29, 1.82) is 0 Å². The maximum absolute atomic E-state index is 12.4. The molecule has 1 aromatic heterocycles. The van der Waals surface area contributed by atoms with Crippen LogP contribution in [0.3, 0.4) is 0 Å². The van der Waals surface area contributed by atoms with E-state index >= 15 is 0 Å². The van der Waals surface area contributed by atoms with Gasteiger partial charge in [0.25, 0.3) is 11.8 Å². The van der Waals surface area contributed by atoms with Crippen LogP contribution in [0.2, 0.25) is 0 Å². The van der Waals surface area contributed by atoms with Gasteiger partial charge in [-0.25, -0.2) is 0 Å². The summed E-state index contributed by atoms with van der Waals surface area (Å²) in [5, 5.41) is 5.62. The fraction of sp³-hybridized carbons (Fsp3) is 0.143. The van der Waals surface area contributed by atoms with Gasteiger partial charge in [0.05, 0.1) is 5.56 Å². The molecule has 0 saturated carbocycles. The highest BCUT2D eigenvalue weighted by Gasteiger charge is 2.12. The third-order valence-electron chi connectivity index (χ3n) is 3.80. The first-order chi connectivity index (χ1) is 13.0. The first-order valence-electron chi connectivity index (χ1n) is 8.47. The van der Waals surface area contributed by atoms with Crippen molar-refractivity contribution >= 4 is 34.5 Å². The zero-order valence-electron chi connectivity index (χ0n) is 15.1. The Morgan fingerprint density at radius 3 is 2.37 bits per heavy atom. The van der Waals surface area contributed by atoms with Gasteiger partial charge in [-0.3, -0.25) is 9.59 Å². The van der Waals surface area contributed by atoms with Crippen LogP contribution in [0.15, 0.2) is 60.7 Å². The third kappa shape index (κ3) is 5.18. The average molecular weight is 380 g/mol. The van der Waals surface area contributed by atoms with E-state index in [4.69, 9.17) is 4.74 Å².